The Hall–Kier alpha value is -0.890. The quantitative estimate of drug-likeness (QED) is 0.802. The lowest BCUT2D eigenvalue weighted by Crippen LogP contribution is -2.36. The first kappa shape index (κ1) is 14.5. The monoisotopic (exact) mass is 263 g/mol. The van der Waals surface area contributed by atoms with E-state index < -0.39 is 0 Å². The van der Waals surface area contributed by atoms with Gasteiger partial charge < -0.3 is 5.32 Å². The number of hydrogen-bond acceptors (Lipinski definition) is 1. The Balaban J connectivity index is 2.01. The molecule has 1 aliphatic rings. The second kappa shape index (κ2) is 7.04. The first-order valence-electron chi connectivity index (χ1n) is 7.75. The minimum absolute atomic E-state index is 0.0790. The van der Waals surface area contributed by atoms with Crippen LogP contribution in [-0.4, -0.2) is 6.04 Å². The minimum atomic E-state index is -0.0790. The van der Waals surface area contributed by atoms with Gasteiger partial charge in [-0.1, -0.05) is 51.3 Å². The fraction of sp³-hybridized carbons (Fsp3) is 0.647. The number of rotatable bonds is 5. The van der Waals surface area contributed by atoms with E-state index in [4.69, 9.17) is 0 Å². The van der Waals surface area contributed by atoms with Crippen LogP contribution in [0.15, 0.2) is 24.3 Å². The van der Waals surface area contributed by atoms with Crippen LogP contribution >= 0.6 is 0 Å². The number of halogens is 1. The highest BCUT2D eigenvalue weighted by molar-refractivity contribution is 5.21. The van der Waals surface area contributed by atoms with Crippen LogP contribution in [0.4, 0.5) is 4.39 Å². The molecule has 0 amide bonds. The number of benzene rings is 1. The molecule has 1 N–H and O–H groups in total. The van der Waals surface area contributed by atoms with Gasteiger partial charge in [0.25, 0.3) is 0 Å². The largest absolute Gasteiger partial charge is 0.307 e. The van der Waals surface area contributed by atoms with Gasteiger partial charge >= 0.3 is 0 Å². The van der Waals surface area contributed by atoms with Crippen molar-refractivity contribution >= 4 is 0 Å². The van der Waals surface area contributed by atoms with Crippen LogP contribution in [0, 0.1) is 11.7 Å². The molecule has 1 aliphatic carbocycles. The van der Waals surface area contributed by atoms with E-state index in [0.29, 0.717) is 6.04 Å². The van der Waals surface area contributed by atoms with Crippen LogP contribution in [0.2, 0.25) is 0 Å². The van der Waals surface area contributed by atoms with E-state index >= 15 is 0 Å². The normalized spacial score (nSPS) is 25.2. The molecule has 1 nitrogen and oxygen atoms in total. The Bertz CT molecular complexity index is 391. The molecular weight excluding hydrogens is 237 g/mol. The van der Waals surface area contributed by atoms with E-state index in [9.17, 15) is 4.39 Å². The first-order chi connectivity index (χ1) is 9.24. The summed E-state index contributed by atoms with van der Waals surface area (Å²) >= 11 is 0. The molecular formula is C17H26FN. The van der Waals surface area contributed by atoms with Crippen LogP contribution in [0.25, 0.3) is 0 Å². The molecule has 0 heterocycles. The van der Waals surface area contributed by atoms with Crippen molar-refractivity contribution in [3.05, 3.63) is 35.6 Å². The number of hydrogen-bond donors (Lipinski definition) is 1. The molecule has 2 rings (SSSR count). The molecule has 1 fully saturated rings. The zero-order valence-corrected chi connectivity index (χ0v) is 12.2. The summed E-state index contributed by atoms with van der Waals surface area (Å²) in [6.45, 7) is 4.41. The van der Waals surface area contributed by atoms with E-state index in [-0.39, 0.29) is 11.9 Å². The lowest BCUT2D eigenvalue weighted by Gasteiger charge is -2.32. The van der Waals surface area contributed by atoms with Crippen LogP contribution in [0.3, 0.4) is 0 Å². The molecule has 2 heteroatoms. The van der Waals surface area contributed by atoms with Crippen molar-refractivity contribution in [1.82, 2.24) is 5.32 Å². The maximum absolute atomic E-state index is 13.9. The first-order valence-corrected chi connectivity index (χ1v) is 7.75. The van der Waals surface area contributed by atoms with Crippen molar-refractivity contribution in [3.63, 3.8) is 0 Å². The molecule has 3 atom stereocenters. The van der Waals surface area contributed by atoms with E-state index in [2.05, 4.69) is 19.2 Å². The van der Waals surface area contributed by atoms with E-state index in [1.807, 2.05) is 12.1 Å². The highest BCUT2D eigenvalue weighted by Gasteiger charge is 2.23. The topological polar surface area (TPSA) is 12.0 Å². The van der Waals surface area contributed by atoms with Crippen molar-refractivity contribution in [2.45, 2.75) is 64.5 Å². The van der Waals surface area contributed by atoms with Crippen molar-refractivity contribution in [2.75, 3.05) is 0 Å². The Morgan fingerprint density at radius 1 is 1.26 bits per heavy atom. The van der Waals surface area contributed by atoms with Gasteiger partial charge in [-0.25, -0.2) is 4.39 Å². The van der Waals surface area contributed by atoms with Gasteiger partial charge in [0.2, 0.25) is 0 Å². The summed E-state index contributed by atoms with van der Waals surface area (Å²) in [5.74, 6) is 0.772. The Morgan fingerprint density at radius 3 is 2.74 bits per heavy atom. The summed E-state index contributed by atoms with van der Waals surface area (Å²) in [6, 6.07) is 7.88. The van der Waals surface area contributed by atoms with Crippen molar-refractivity contribution in [2.24, 2.45) is 5.92 Å². The van der Waals surface area contributed by atoms with Crippen molar-refractivity contribution in [1.29, 1.82) is 0 Å². The third kappa shape index (κ3) is 3.79. The second-order valence-corrected chi connectivity index (χ2v) is 5.79. The lowest BCUT2D eigenvalue weighted by molar-refractivity contribution is 0.258. The molecule has 0 bridgehead atoms. The minimum Gasteiger partial charge on any atom is -0.307 e. The molecule has 19 heavy (non-hydrogen) atoms. The highest BCUT2D eigenvalue weighted by Crippen LogP contribution is 2.29. The molecule has 106 valence electrons. The molecule has 0 aromatic heterocycles. The Labute approximate surface area is 116 Å². The van der Waals surface area contributed by atoms with Crippen LogP contribution < -0.4 is 5.32 Å². The lowest BCUT2D eigenvalue weighted by atomic mass is 9.83. The van der Waals surface area contributed by atoms with E-state index in [0.717, 1.165) is 17.9 Å². The van der Waals surface area contributed by atoms with Gasteiger partial charge in [0.1, 0.15) is 5.82 Å². The number of nitrogens with one attached hydrogen (secondary N) is 1. The molecule has 0 spiro atoms. The van der Waals surface area contributed by atoms with Gasteiger partial charge in [0.15, 0.2) is 0 Å². The summed E-state index contributed by atoms with van der Waals surface area (Å²) in [4.78, 5) is 0. The average Bonchev–Trinajstić information content (AvgIpc) is 2.46. The predicted octanol–water partition coefficient (Wildman–Crippen LogP) is 4.84. The van der Waals surface area contributed by atoms with Gasteiger partial charge in [-0.05, 0) is 31.2 Å². The molecule has 0 aliphatic heterocycles. The van der Waals surface area contributed by atoms with E-state index in [1.165, 1.54) is 32.1 Å². The zero-order valence-electron chi connectivity index (χ0n) is 12.2. The van der Waals surface area contributed by atoms with Gasteiger partial charge in [0, 0.05) is 17.6 Å². The Kier molecular flexibility index (Phi) is 5.38. The Morgan fingerprint density at radius 2 is 2.05 bits per heavy atom. The second-order valence-electron chi connectivity index (χ2n) is 5.79. The maximum Gasteiger partial charge on any atom is 0.127 e. The molecule has 0 radical (unpaired) electrons. The smallest absolute Gasteiger partial charge is 0.127 e. The summed E-state index contributed by atoms with van der Waals surface area (Å²) in [5, 5.41) is 3.69. The van der Waals surface area contributed by atoms with E-state index in [1.54, 1.807) is 12.1 Å². The SMILES string of the molecule is CCC1CCCC(NC(CC)c2ccccc2F)C1. The van der Waals surface area contributed by atoms with Gasteiger partial charge in [0.05, 0.1) is 0 Å². The fourth-order valence-corrected chi connectivity index (χ4v) is 3.28. The van der Waals surface area contributed by atoms with Crippen molar-refractivity contribution < 1.29 is 4.39 Å². The molecule has 1 saturated carbocycles. The molecule has 0 saturated heterocycles. The standard InChI is InChI=1S/C17H26FN/c1-3-13-8-7-9-14(12-13)19-17(4-2)15-10-5-6-11-16(15)18/h5-6,10-11,13-14,17,19H,3-4,7-9,12H2,1-2H3. The van der Waals surface area contributed by atoms with Gasteiger partial charge in [-0.2, -0.15) is 0 Å². The molecule has 1 aromatic carbocycles. The van der Waals surface area contributed by atoms with Gasteiger partial charge in [-0.3, -0.25) is 0 Å². The summed E-state index contributed by atoms with van der Waals surface area (Å²) in [7, 11) is 0. The average molecular weight is 263 g/mol. The zero-order chi connectivity index (χ0) is 13.7. The third-order valence-electron chi connectivity index (χ3n) is 4.49. The fourth-order valence-electron chi connectivity index (χ4n) is 3.28. The van der Waals surface area contributed by atoms with Crippen LogP contribution in [0.5, 0.6) is 0 Å². The summed E-state index contributed by atoms with van der Waals surface area (Å²) in [5.41, 5.74) is 0.823. The highest BCUT2D eigenvalue weighted by atomic mass is 19.1. The van der Waals surface area contributed by atoms with Crippen molar-refractivity contribution in [3.8, 4) is 0 Å². The third-order valence-corrected chi connectivity index (χ3v) is 4.49. The van der Waals surface area contributed by atoms with Crippen LogP contribution in [-0.2, 0) is 0 Å². The summed E-state index contributed by atoms with van der Waals surface area (Å²) in [6.07, 6.45) is 7.38. The molecule has 3 unspecified atom stereocenters. The summed E-state index contributed by atoms with van der Waals surface area (Å²) < 4.78 is 13.9. The molecule has 1 aromatic rings. The predicted molar refractivity (Wildman–Crippen MR) is 78.6 cm³/mol. The van der Waals surface area contributed by atoms with Crippen LogP contribution in [0.1, 0.15) is 64.0 Å². The van der Waals surface area contributed by atoms with Gasteiger partial charge in [-0.15, -0.1) is 0 Å². The maximum atomic E-state index is 13.9.